The first kappa shape index (κ1) is 17.0. The van der Waals surface area contributed by atoms with E-state index in [1.807, 2.05) is 0 Å². The molecule has 0 bridgehead atoms. The van der Waals surface area contributed by atoms with E-state index in [1.165, 1.54) is 58.5 Å². The number of primary amides is 1. The number of unbranched alkanes of at least 4 members (excludes halogenated alkanes) is 9. The van der Waals surface area contributed by atoms with Crippen LogP contribution in [0.4, 0.5) is 0 Å². The molecule has 3 nitrogen and oxygen atoms in total. The Kier molecular flexibility index (Phi) is 11.8. The van der Waals surface area contributed by atoms with Gasteiger partial charge in [-0.15, -0.1) is 0 Å². The fraction of sp³-hybridized carbons (Fsp3) is 0.800. The molecule has 0 aromatic heterocycles. The predicted molar refractivity (Wildman–Crippen MR) is 76.1 cm³/mol. The molecule has 3 heteroatoms. The van der Waals surface area contributed by atoms with Crippen LogP contribution in [0.15, 0.2) is 11.8 Å². The van der Waals surface area contributed by atoms with Crippen LogP contribution in [0.25, 0.3) is 0 Å². The van der Waals surface area contributed by atoms with Gasteiger partial charge >= 0.3 is 0 Å². The van der Waals surface area contributed by atoms with Crippen molar-refractivity contribution >= 4 is 5.91 Å². The Bertz CT molecular complexity index is 237. The minimum atomic E-state index is -0.478. The van der Waals surface area contributed by atoms with Gasteiger partial charge in [-0.25, -0.2) is 0 Å². The number of amides is 1. The third kappa shape index (κ3) is 10.2. The van der Waals surface area contributed by atoms with Gasteiger partial charge in [-0.2, -0.15) is 0 Å². The Hall–Kier alpha value is -0.990. The van der Waals surface area contributed by atoms with Crippen molar-refractivity contribution < 1.29 is 9.53 Å². The molecule has 0 fully saturated rings. The average molecular weight is 255 g/mol. The summed E-state index contributed by atoms with van der Waals surface area (Å²) in [6.45, 7) is 2.24. The molecular formula is C15H29NO2. The highest BCUT2D eigenvalue weighted by molar-refractivity contribution is 5.89. The summed E-state index contributed by atoms with van der Waals surface area (Å²) in [7, 11) is 1.48. The lowest BCUT2D eigenvalue weighted by atomic mass is 10.1. The van der Waals surface area contributed by atoms with Crippen molar-refractivity contribution in [3.63, 3.8) is 0 Å². The minimum absolute atomic E-state index is 0.287. The van der Waals surface area contributed by atoms with Gasteiger partial charge in [0.15, 0.2) is 5.76 Å². The van der Waals surface area contributed by atoms with Gasteiger partial charge in [0, 0.05) is 0 Å². The highest BCUT2D eigenvalue weighted by Gasteiger charge is 2.02. The van der Waals surface area contributed by atoms with Crippen LogP contribution < -0.4 is 5.73 Å². The van der Waals surface area contributed by atoms with E-state index in [9.17, 15) is 4.79 Å². The Morgan fingerprint density at radius 1 is 1.00 bits per heavy atom. The molecule has 0 aliphatic rings. The van der Waals surface area contributed by atoms with Gasteiger partial charge in [0.1, 0.15) is 0 Å². The van der Waals surface area contributed by atoms with Crippen LogP contribution in [-0.2, 0) is 9.53 Å². The Balaban J connectivity index is 3.32. The molecule has 0 aromatic rings. The van der Waals surface area contributed by atoms with Crippen molar-refractivity contribution in [1.29, 1.82) is 0 Å². The summed E-state index contributed by atoms with van der Waals surface area (Å²) in [5.74, 6) is -0.192. The Morgan fingerprint density at radius 2 is 1.50 bits per heavy atom. The standard InChI is InChI=1S/C15H29NO2/c1-3-4-5-6-7-8-9-10-11-12-13-14(18-2)15(16)17/h13H,3-12H2,1-2H3,(H2,16,17)/b14-13-. The molecule has 0 unspecified atom stereocenters. The van der Waals surface area contributed by atoms with E-state index in [0.29, 0.717) is 0 Å². The molecule has 0 aromatic carbocycles. The first-order valence-corrected chi connectivity index (χ1v) is 7.26. The molecule has 0 rings (SSSR count). The topological polar surface area (TPSA) is 52.3 Å². The van der Waals surface area contributed by atoms with Crippen LogP contribution in [0.5, 0.6) is 0 Å². The smallest absolute Gasteiger partial charge is 0.283 e. The Morgan fingerprint density at radius 3 is 1.94 bits per heavy atom. The SMILES string of the molecule is CCCCCCCCCCC/C=C(\OC)C(N)=O. The summed E-state index contributed by atoms with van der Waals surface area (Å²) >= 11 is 0. The van der Waals surface area contributed by atoms with E-state index in [2.05, 4.69) is 6.92 Å². The number of hydrogen-bond donors (Lipinski definition) is 1. The maximum Gasteiger partial charge on any atom is 0.283 e. The molecule has 2 N–H and O–H groups in total. The Labute approximate surface area is 112 Å². The van der Waals surface area contributed by atoms with Crippen LogP contribution in [0.2, 0.25) is 0 Å². The van der Waals surface area contributed by atoms with E-state index in [-0.39, 0.29) is 5.76 Å². The summed E-state index contributed by atoms with van der Waals surface area (Å²) < 4.78 is 4.88. The van der Waals surface area contributed by atoms with Gasteiger partial charge < -0.3 is 10.5 Å². The number of nitrogens with two attached hydrogens (primary N) is 1. The molecular weight excluding hydrogens is 226 g/mol. The van der Waals surface area contributed by atoms with Crippen LogP contribution in [-0.4, -0.2) is 13.0 Å². The summed E-state index contributed by atoms with van der Waals surface area (Å²) in [6.07, 6.45) is 14.4. The maximum absolute atomic E-state index is 10.9. The second kappa shape index (κ2) is 12.5. The number of methoxy groups -OCH3 is 1. The molecule has 0 radical (unpaired) electrons. The van der Waals surface area contributed by atoms with Crippen molar-refractivity contribution in [2.75, 3.05) is 7.11 Å². The van der Waals surface area contributed by atoms with E-state index >= 15 is 0 Å². The second-order valence-electron chi connectivity index (χ2n) is 4.75. The molecule has 1 amide bonds. The van der Waals surface area contributed by atoms with Gasteiger partial charge in [-0.1, -0.05) is 58.3 Å². The van der Waals surface area contributed by atoms with Crippen LogP contribution in [0.1, 0.15) is 71.1 Å². The molecule has 18 heavy (non-hydrogen) atoms. The van der Waals surface area contributed by atoms with Crippen molar-refractivity contribution in [2.45, 2.75) is 71.1 Å². The zero-order chi connectivity index (χ0) is 13.6. The number of carbonyl (C=O) groups is 1. The summed E-state index contributed by atoms with van der Waals surface area (Å²) in [4.78, 5) is 10.9. The number of rotatable bonds is 12. The lowest BCUT2D eigenvalue weighted by molar-refractivity contribution is -0.117. The third-order valence-corrected chi connectivity index (χ3v) is 3.10. The van der Waals surface area contributed by atoms with Crippen LogP contribution in [0.3, 0.4) is 0 Å². The van der Waals surface area contributed by atoms with E-state index in [0.717, 1.165) is 12.8 Å². The maximum atomic E-state index is 10.9. The lowest BCUT2D eigenvalue weighted by Gasteiger charge is -2.02. The zero-order valence-corrected chi connectivity index (χ0v) is 12.0. The first-order chi connectivity index (χ1) is 8.72. The van der Waals surface area contributed by atoms with Gasteiger partial charge in [0.05, 0.1) is 7.11 Å². The first-order valence-electron chi connectivity index (χ1n) is 7.26. The number of hydrogen-bond acceptors (Lipinski definition) is 2. The van der Waals surface area contributed by atoms with Crippen molar-refractivity contribution in [3.8, 4) is 0 Å². The number of ether oxygens (including phenoxy) is 1. The van der Waals surface area contributed by atoms with E-state index in [4.69, 9.17) is 10.5 Å². The van der Waals surface area contributed by atoms with Crippen molar-refractivity contribution in [1.82, 2.24) is 0 Å². The molecule has 0 heterocycles. The highest BCUT2D eigenvalue weighted by Crippen LogP contribution is 2.11. The largest absolute Gasteiger partial charge is 0.491 e. The molecule has 0 atom stereocenters. The predicted octanol–water partition coefficient (Wildman–Crippen LogP) is 3.92. The number of carbonyl (C=O) groups excluding carboxylic acids is 1. The minimum Gasteiger partial charge on any atom is -0.491 e. The molecule has 0 saturated carbocycles. The zero-order valence-electron chi connectivity index (χ0n) is 12.0. The average Bonchev–Trinajstić information content (AvgIpc) is 2.35. The van der Waals surface area contributed by atoms with Crippen molar-refractivity contribution in [3.05, 3.63) is 11.8 Å². The fourth-order valence-corrected chi connectivity index (χ4v) is 1.97. The van der Waals surface area contributed by atoms with Crippen LogP contribution in [0, 0.1) is 0 Å². The molecule has 0 aliphatic heterocycles. The normalized spacial score (nSPS) is 11.6. The van der Waals surface area contributed by atoms with Gasteiger partial charge in [-0.05, 0) is 18.9 Å². The third-order valence-electron chi connectivity index (χ3n) is 3.10. The lowest BCUT2D eigenvalue weighted by Crippen LogP contribution is -2.15. The second-order valence-corrected chi connectivity index (χ2v) is 4.75. The quantitative estimate of drug-likeness (QED) is 0.326. The van der Waals surface area contributed by atoms with Gasteiger partial charge in [-0.3, -0.25) is 4.79 Å². The summed E-state index contributed by atoms with van der Waals surface area (Å²) in [5.41, 5.74) is 5.14. The monoisotopic (exact) mass is 255 g/mol. The highest BCUT2D eigenvalue weighted by atomic mass is 16.5. The van der Waals surface area contributed by atoms with E-state index in [1.54, 1.807) is 6.08 Å². The van der Waals surface area contributed by atoms with Gasteiger partial charge in [0.2, 0.25) is 0 Å². The van der Waals surface area contributed by atoms with Crippen LogP contribution >= 0.6 is 0 Å². The summed E-state index contributed by atoms with van der Waals surface area (Å²) in [5, 5.41) is 0. The van der Waals surface area contributed by atoms with E-state index < -0.39 is 5.91 Å². The number of allylic oxidation sites excluding steroid dienone is 1. The molecule has 0 saturated heterocycles. The summed E-state index contributed by atoms with van der Waals surface area (Å²) in [6, 6.07) is 0. The van der Waals surface area contributed by atoms with Crippen molar-refractivity contribution in [2.24, 2.45) is 5.73 Å². The molecule has 106 valence electrons. The molecule has 0 aliphatic carbocycles. The fourth-order valence-electron chi connectivity index (χ4n) is 1.97. The molecule has 0 spiro atoms. The van der Waals surface area contributed by atoms with Gasteiger partial charge in [0.25, 0.3) is 5.91 Å².